The fourth-order valence-electron chi connectivity index (χ4n) is 4.31. The van der Waals surface area contributed by atoms with Gasteiger partial charge in [-0.25, -0.2) is 0 Å². The standard InChI is InChI=1S/C41H66O4/c1-3-5-7-9-11-13-15-17-19-20-21-23-25-27-29-31-33-35-37-44-39-40(38-42)45-41(43)36-34-32-30-28-26-24-22-18-16-14-12-10-8-6-4-2/h5-8,11-14,17-19,21-23,26,28,40,42H,3-4,9-10,15-16,20,24-25,27,29-39H2,1-2H3/b7-5-,8-6-,13-11-,14-12-,19-17-,22-18-,23-21-,28-26-. The van der Waals surface area contributed by atoms with E-state index in [-0.39, 0.29) is 19.2 Å². The summed E-state index contributed by atoms with van der Waals surface area (Å²) in [5, 5.41) is 9.55. The molecule has 0 bridgehead atoms. The highest BCUT2D eigenvalue weighted by molar-refractivity contribution is 5.69. The van der Waals surface area contributed by atoms with Gasteiger partial charge in [-0.05, 0) is 89.9 Å². The van der Waals surface area contributed by atoms with Crippen LogP contribution in [0.4, 0.5) is 0 Å². The summed E-state index contributed by atoms with van der Waals surface area (Å²) in [4.78, 5) is 12.1. The van der Waals surface area contributed by atoms with Crippen molar-refractivity contribution < 1.29 is 19.4 Å². The number of unbranched alkanes of at least 4 members (excludes halogenated alkanes) is 7. The molecule has 45 heavy (non-hydrogen) atoms. The van der Waals surface area contributed by atoms with Gasteiger partial charge >= 0.3 is 5.97 Å². The second-order valence-corrected chi connectivity index (χ2v) is 11.2. The normalized spacial score (nSPS) is 13.6. The van der Waals surface area contributed by atoms with Crippen LogP contribution in [-0.4, -0.2) is 37.0 Å². The lowest BCUT2D eigenvalue weighted by Gasteiger charge is -2.15. The summed E-state index contributed by atoms with van der Waals surface area (Å²) < 4.78 is 11.1. The second kappa shape index (κ2) is 37.5. The van der Waals surface area contributed by atoms with E-state index in [0.717, 1.165) is 89.9 Å². The van der Waals surface area contributed by atoms with Crippen molar-refractivity contribution in [3.05, 3.63) is 97.2 Å². The quantitative estimate of drug-likeness (QED) is 0.0475. The highest BCUT2D eigenvalue weighted by Crippen LogP contribution is 2.08. The average molecular weight is 623 g/mol. The Labute approximate surface area is 277 Å². The first-order chi connectivity index (χ1) is 22.2. The molecule has 0 saturated carbocycles. The van der Waals surface area contributed by atoms with Crippen LogP contribution in [0.15, 0.2) is 97.2 Å². The van der Waals surface area contributed by atoms with Crippen molar-refractivity contribution in [3.8, 4) is 0 Å². The molecule has 0 fully saturated rings. The van der Waals surface area contributed by atoms with Gasteiger partial charge in [0.25, 0.3) is 0 Å². The molecule has 0 amide bonds. The van der Waals surface area contributed by atoms with Crippen LogP contribution in [0.1, 0.15) is 129 Å². The summed E-state index contributed by atoms with van der Waals surface area (Å²) in [6, 6.07) is 0. The van der Waals surface area contributed by atoms with Gasteiger partial charge in [-0.1, -0.05) is 130 Å². The molecule has 4 nitrogen and oxygen atoms in total. The third kappa shape index (κ3) is 35.7. The van der Waals surface area contributed by atoms with E-state index < -0.39 is 6.10 Å². The van der Waals surface area contributed by atoms with E-state index in [0.29, 0.717) is 13.0 Å². The molecule has 4 heteroatoms. The lowest BCUT2D eigenvalue weighted by atomic mass is 10.1. The number of aliphatic hydroxyl groups excluding tert-OH is 1. The summed E-state index contributed by atoms with van der Waals surface area (Å²) in [5.41, 5.74) is 0. The molecule has 0 aliphatic carbocycles. The Morgan fingerprint density at radius 1 is 0.533 bits per heavy atom. The molecule has 0 heterocycles. The molecule has 0 spiro atoms. The molecule has 0 aromatic carbocycles. The molecule has 0 aliphatic heterocycles. The maximum Gasteiger partial charge on any atom is 0.306 e. The van der Waals surface area contributed by atoms with Gasteiger partial charge < -0.3 is 14.6 Å². The minimum Gasteiger partial charge on any atom is -0.457 e. The van der Waals surface area contributed by atoms with E-state index in [4.69, 9.17) is 9.47 Å². The first kappa shape index (κ1) is 42.3. The smallest absolute Gasteiger partial charge is 0.306 e. The van der Waals surface area contributed by atoms with E-state index in [1.807, 2.05) is 0 Å². The summed E-state index contributed by atoms with van der Waals surface area (Å²) in [6.07, 6.45) is 53.0. The molecule has 0 aliphatic rings. The van der Waals surface area contributed by atoms with E-state index in [9.17, 15) is 9.90 Å². The van der Waals surface area contributed by atoms with E-state index in [1.165, 1.54) is 19.3 Å². The molecule has 254 valence electrons. The summed E-state index contributed by atoms with van der Waals surface area (Å²) in [6.45, 7) is 5.00. The van der Waals surface area contributed by atoms with Gasteiger partial charge in [-0.15, -0.1) is 0 Å². The van der Waals surface area contributed by atoms with E-state index in [1.54, 1.807) is 0 Å². The molecular weight excluding hydrogens is 556 g/mol. The van der Waals surface area contributed by atoms with Crippen molar-refractivity contribution >= 4 is 5.97 Å². The van der Waals surface area contributed by atoms with Gasteiger partial charge in [0.2, 0.25) is 0 Å². The van der Waals surface area contributed by atoms with Crippen LogP contribution >= 0.6 is 0 Å². The molecular formula is C41H66O4. The summed E-state index contributed by atoms with van der Waals surface area (Å²) in [5.74, 6) is -0.254. The van der Waals surface area contributed by atoms with Gasteiger partial charge in [0.1, 0.15) is 6.10 Å². The maximum absolute atomic E-state index is 12.1. The fourth-order valence-corrected chi connectivity index (χ4v) is 4.31. The number of rotatable bonds is 31. The van der Waals surface area contributed by atoms with Crippen molar-refractivity contribution in [2.75, 3.05) is 19.8 Å². The molecule has 1 atom stereocenters. The summed E-state index contributed by atoms with van der Waals surface area (Å²) >= 11 is 0. The van der Waals surface area contributed by atoms with Crippen LogP contribution in [0, 0.1) is 0 Å². The molecule has 1 unspecified atom stereocenters. The van der Waals surface area contributed by atoms with Gasteiger partial charge in [0, 0.05) is 13.0 Å². The summed E-state index contributed by atoms with van der Waals surface area (Å²) in [7, 11) is 0. The van der Waals surface area contributed by atoms with Crippen LogP contribution in [0.3, 0.4) is 0 Å². The van der Waals surface area contributed by atoms with Crippen molar-refractivity contribution in [3.63, 3.8) is 0 Å². The zero-order valence-corrected chi connectivity index (χ0v) is 28.8. The Bertz CT molecular complexity index is 872. The third-order valence-corrected chi connectivity index (χ3v) is 6.90. The van der Waals surface area contributed by atoms with Crippen molar-refractivity contribution in [2.24, 2.45) is 0 Å². The van der Waals surface area contributed by atoms with Crippen LogP contribution in [0.2, 0.25) is 0 Å². The van der Waals surface area contributed by atoms with Crippen LogP contribution in [-0.2, 0) is 14.3 Å². The van der Waals surface area contributed by atoms with Gasteiger partial charge in [0.05, 0.1) is 13.2 Å². The lowest BCUT2D eigenvalue weighted by Crippen LogP contribution is -2.27. The number of hydrogen-bond acceptors (Lipinski definition) is 4. The second-order valence-electron chi connectivity index (χ2n) is 11.2. The van der Waals surface area contributed by atoms with Crippen molar-refractivity contribution in [2.45, 2.75) is 136 Å². The molecule has 0 radical (unpaired) electrons. The van der Waals surface area contributed by atoms with Crippen LogP contribution < -0.4 is 0 Å². The van der Waals surface area contributed by atoms with E-state index in [2.05, 4.69) is 111 Å². The number of aliphatic hydroxyl groups is 1. The average Bonchev–Trinajstić information content (AvgIpc) is 3.05. The zero-order chi connectivity index (χ0) is 32.7. The predicted molar refractivity (Wildman–Crippen MR) is 195 cm³/mol. The molecule has 0 saturated heterocycles. The largest absolute Gasteiger partial charge is 0.457 e. The molecule has 0 rings (SSSR count). The first-order valence-corrected chi connectivity index (χ1v) is 17.8. The topological polar surface area (TPSA) is 55.8 Å². The Kier molecular flexibility index (Phi) is 35.3. The number of carbonyl (C=O) groups excluding carboxylic acids is 1. The van der Waals surface area contributed by atoms with Crippen LogP contribution in [0.25, 0.3) is 0 Å². The Morgan fingerprint density at radius 3 is 1.40 bits per heavy atom. The minimum absolute atomic E-state index is 0.203. The predicted octanol–water partition coefficient (Wildman–Crippen LogP) is 11.4. The molecule has 0 aromatic heterocycles. The van der Waals surface area contributed by atoms with Gasteiger partial charge in [0.15, 0.2) is 0 Å². The number of carbonyl (C=O) groups is 1. The van der Waals surface area contributed by atoms with E-state index >= 15 is 0 Å². The third-order valence-electron chi connectivity index (χ3n) is 6.90. The molecule has 0 aromatic rings. The van der Waals surface area contributed by atoms with Gasteiger partial charge in [-0.3, -0.25) is 4.79 Å². The first-order valence-electron chi connectivity index (χ1n) is 17.8. The number of esters is 1. The lowest BCUT2D eigenvalue weighted by molar-refractivity contribution is -0.154. The van der Waals surface area contributed by atoms with Crippen molar-refractivity contribution in [1.29, 1.82) is 0 Å². The number of hydrogen-bond donors (Lipinski definition) is 1. The Balaban J connectivity index is 3.61. The fraction of sp³-hybridized carbons (Fsp3) is 0.585. The minimum atomic E-state index is -0.571. The molecule has 1 N–H and O–H groups in total. The zero-order valence-electron chi connectivity index (χ0n) is 28.8. The number of allylic oxidation sites excluding steroid dienone is 16. The Morgan fingerprint density at radius 2 is 0.933 bits per heavy atom. The van der Waals surface area contributed by atoms with Crippen molar-refractivity contribution in [1.82, 2.24) is 0 Å². The monoisotopic (exact) mass is 622 g/mol. The van der Waals surface area contributed by atoms with Gasteiger partial charge in [-0.2, -0.15) is 0 Å². The SMILES string of the molecule is CC/C=C\C/C=C\C/C=C\C/C=C\CCCCCCCOCC(CO)OC(=O)CCCC/C=C\C/C=C\C/C=C\C/C=C\CC. The highest BCUT2D eigenvalue weighted by atomic mass is 16.6. The highest BCUT2D eigenvalue weighted by Gasteiger charge is 2.13. The van der Waals surface area contributed by atoms with Crippen LogP contribution in [0.5, 0.6) is 0 Å². The maximum atomic E-state index is 12.1. The Hall–Kier alpha value is -2.69. The number of ether oxygens (including phenoxy) is 2.